The number of benzene rings is 1. The van der Waals surface area contributed by atoms with Crippen molar-refractivity contribution in [2.24, 2.45) is 0 Å². The molecule has 0 fully saturated rings. The minimum Gasteiger partial charge on any atom is -0.397 e. The van der Waals surface area contributed by atoms with E-state index in [0.29, 0.717) is 17.3 Å². The summed E-state index contributed by atoms with van der Waals surface area (Å²) in [6.07, 6.45) is 1.84. The lowest BCUT2D eigenvalue weighted by atomic mass is 10.1. The molecule has 2 nitrogen and oxygen atoms in total. The van der Waals surface area contributed by atoms with Gasteiger partial charge < -0.3 is 11.5 Å². The molecule has 1 rings (SSSR count). The largest absolute Gasteiger partial charge is 0.397 e. The lowest BCUT2D eigenvalue weighted by molar-refractivity contribution is 0.932. The van der Waals surface area contributed by atoms with Crippen molar-refractivity contribution < 1.29 is 0 Å². The molecule has 1 aromatic carbocycles. The Hall–Kier alpha value is -0.890. The van der Waals surface area contributed by atoms with Gasteiger partial charge >= 0.3 is 0 Å². The number of nitrogens with two attached hydrogens (primary N) is 2. The molecule has 0 atom stereocenters. The summed E-state index contributed by atoms with van der Waals surface area (Å²) in [6, 6.07) is 5.70. The van der Waals surface area contributed by atoms with E-state index in [4.69, 9.17) is 23.1 Å². The summed E-state index contributed by atoms with van der Waals surface area (Å²) in [5.74, 6) is 0.661. The quantitative estimate of drug-likeness (QED) is 0.558. The lowest BCUT2D eigenvalue weighted by Crippen LogP contribution is -1.99. The van der Waals surface area contributed by atoms with E-state index >= 15 is 0 Å². The van der Waals surface area contributed by atoms with Crippen molar-refractivity contribution >= 4 is 23.0 Å². The summed E-state index contributed by atoms with van der Waals surface area (Å²) in [5.41, 5.74) is 13.8. The first-order valence-electron chi connectivity index (χ1n) is 3.94. The second-order valence-corrected chi connectivity index (χ2v) is 3.09. The molecule has 0 unspecified atom stereocenters. The van der Waals surface area contributed by atoms with E-state index in [1.807, 2.05) is 12.1 Å². The van der Waals surface area contributed by atoms with Gasteiger partial charge in [0.25, 0.3) is 0 Å². The summed E-state index contributed by atoms with van der Waals surface area (Å²) >= 11 is 5.57. The molecule has 0 radical (unpaired) electrons. The Morgan fingerprint density at radius 2 is 2.00 bits per heavy atom. The molecular weight excluding hydrogens is 172 g/mol. The summed E-state index contributed by atoms with van der Waals surface area (Å²) in [7, 11) is 0. The van der Waals surface area contributed by atoms with Crippen LogP contribution in [0.25, 0.3) is 0 Å². The third-order valence-corrected chi connectivity index (χ3v) is 2.08. The molecule has 0 bridgehead atoms. The zero-order valence-electron chi connectivity index (χ0n) is 6.89. The van der Waals surface area contributed by atoms with Crippen molar-refractivity contribution in [3.63, 3.8) is 0 Å². The molecule has 0 aliphatic rings. The summed E-state index contributed by atoms with van der Waals surface area (Å²) < 4.78 is 0. The third kappa shape index (κ3) is 2.05. The highest BCUT2D eigenvalue weighted by Crippen LogP contribution is 2.20. The second kappa shape index (κ2) is 4.21. The van der Waals surface area contributed by atoms with Crippen LogP contribution in [0.4, 0.5) is 11.4 Å². The number of anilines is 2. The molecule has 66 valence electrons. The maximum absolute atomic E-state index is 5.76. The summed E-state index contributed by atoms with van der Waals surface area (Å²) in [6.45, 7) is 0. The Kier molecular flexibility index (Phi) is 3.23. The van der Waals surface area contributed by atoms with Gasteiger partial charge in [-0.3, -0.25) is 0 Å². The molecule has 4 N–H and O–H groups in total. The monoisotopic (exact) mass is 184 g/mol. The van der Waals surface area contributed by atoms with Gasteiger partial charge in [-0.2, -0.15) is 0 Å². The normalized spacial score (nSPS) is 10.1. The number of rotatable bonds is 3. The number of halogens is 1. The Balaban J connectivity index is 2.78. The Morgan fingerprint density at radius 3 is 2.67 bits per heavy atom. The van der Waals surface area contributed by atoms with E-state index in [-0.39, 0.29) is 0 Å². The van der Waals surface area contributed by atoms with Crippen molar-refractivity contribution in [3.8, 4) is 0 Å². The van der Waals surface area contributed by atoms with Crippen molar-refractivity contribution in [2.45, 2.75) is 12.8 Å². The number of para-hydroxylation sites is 1. The van der Waals surface area contributed by atoms with E-state index in [0.717, 1.165) is 18.4 Å². The molecule has 3 heteroatoms. The van der Waals surface area contributed by atoms with Crippen molar-refractivity contribution in [1.29, 1.82) is 0 Å². The van der Waals surface area contributed by atoms with Crippen molar-refractivity contribution in [2.75, 3.05) is 17.3 Å². The van der Waals surface area contributed by atoms with Gasteiger partial charge in [-0.25, -0.2) is 0 Å². The Labute approximate surface area is 77.5 Å². The van der Waals surface area contributed by atoms with Crippen LogP contribution >= 0.6 is 11.6 Å². The average Bonchev–Trinajstić information content (AvgIpc) is 2.08. The maximum atomic E-state index is 5.76. The van der Waals surface area contributed by atoms with Gasteiger partial charge in [-0.05, 0) is 24.5 Å². The zero-order valence-corrected chi connectivity index (χ0v) is 7.64. The van der Waals surface area contributed by atoms with Crippen LogP contribution in [-0.2, 0) is 6.42 Å². The van der Waals surface area contributed by atoms with Crippen LogP contribution in [-0.4, -0.2) is 5.88 Å². The van der Waals surface area contributed by atoms with E-state index in [9.17, 15) is 0 Å². The SMILES string of the molecule is Nc1cccc(CCCCl)c1N. The smallest absolute Gasteiger partial charge is 0.0580 e. The molecule has 0 aliphatic carbocycles. The van der Waals surface area contributed by atoms with Gasteiger partial charge in [-0.15, -0.1) is 11.6 Å². The highest BCUT2D eigenvalue weighted by molar-refractivity contribution is 6.17. The first-order valence-corrected chi connectivity index (χ1v) is 4.48. The highest BCUT2D eigenvalue weighted by Gasteiger charge is 2.00. The minimum atomic E-state index is 0.655. The predicted molar refractivity (Wildman–Crippen MR) is 54.3 cm³/mol. The van der Waals surface area contributed by atoms with Crippen LogP contribution in [0, 0.1) is 0 Å². The number of hydrogen-bond acceptors (Lipinski definition) is 2. The van der Waals surface area contributed by atoms with Crippen molar-refractivity contribution in [3.05, 3.63) is 23.8 Å². The van der Waals surface area contributed by atoms with Gasteiger partial charge in [0.15, 0.2) is 0 Å². The molecule has 0 spiro atoms. The Bertz CT molecular complexity index is 261. The van der Waals surface area contributed by atoms with Crippen LogP contribution in [0.15, 0.2) is 18.2 Å². The van der Waals surface area contributed by atoms with Crippen LogP contribution in [0.5, 0.6) is 0 Å². The van der Waals surface area contributed by atoms with Gasteiger partial charge in [0, 0.05) is 5.88 Å². The van der Waals surface area contributed by atoms with Gasteiger partial charge in [0.1, 0.15) is 0 Å². The van der Waals surface area contributed by atoms with Gasteiger partial charge in [-0.1, -0.05) is 12.1 Å². The minimum absolute atomic E-state index is 0.655. The van der Waals surface area contributed by atoms with E-state index in [2.05, 4.69) is 0 Å². The number of nitrogen functional groups attached to an aromatic ring is 2. The molecule has 1 aromatic rings. The standard InChI is InChI=1S/C9H13ClN2/c10-6-2-4-7-3-1-5-8(11)9(7)12/h1,3,5H,2,4,6,11-12H2. The van der Waals surface area contributed by atoms with E-state index in [1.165, 1.54) is 0 Å². The highest BCUT2D eigenvalue weighted by atomic mass is 35.5. The molecule has 0 amide bonds. The van der Waals surface area contributed by atoms with Crippen LogP contribution < -0.4 is 11.5 Å². The molecule has 0 heterocycles. The third-order valence-electron chi connectivity index (χ3n) is 1.81. The van der Waals surface area contributed by atoms with Gasteiger partial charge in [0.05, 0.1) is 11.4 Å². The average molecular weight is 185 g/mol. The fraction of sp³-hybridized carbons (Fsp3) is 0.333. The first-order chi connectivity index (χ1) is 5.75. The topological polar surface area (TPSA) is 52.0 Å². The second-order valence-electron chi connectivity index (χ2n) is 2.71. The zero-order chi connectivity index (χ0) is 8.97. The fourth-order valence-electron chi connectivity index (χ4n) is 1.11. The Morgan fingerprint density at radius 1 is 1.25 bits per heavy atom. The predicted octanol–water partition coefficient (Wildman–Crippen LogP) is 2.02. The fourth-order valence-corrected chi connectivity index (χ4v) is 1.24. The van der Waals surface area contributed by atoms with Crippen molar-refractivity contribution in [1.82, 2.24) is 0 Å². The molecule has 12 heavy (non-hydrogen) atoms. The summed E-state index contributed by atoms with van der Waals surface area (Å²) in [4.78, 5) is 0. The van der Waals surface area contributed by atoms with E-state index in [1.54, 1.807) is 6.07 Å². The van der Waals surface area contributed by atoms with Gasteiger partial charge in [0.2, 0.25) is 0 Å². The molecule has 0 aromatic heterocycles. The molecule has 0 saturated heterocycles. The maximum Gasteiger partial charge on any atom is 0.0580 e. The summed E-state index contributed by atoms with van der Waals surface area (Å²) in [5, 5.41) is 0. The molecule has 0 saturated carbocycles. The lowest BCUT2D eigenvalue weighted by Gasteiger charge is -2.06. The number of aryl methyl sites for hydroxylation is 1. The van der Waals surface area contributed by atoms with Crippen LogP contribution in [0.3, 0.4) is 0 Å². The molecular formula is C9H13ClN2. The number of alkyl halides is 1. The van der Waals surface area contributed by atoms with E-state index < -0.39 is 0 Å². The van der Waals surface area contributed by atoms with Crippen LogP contribution in [0.1, 0.15) is 12.0 Å². The van der Waals surface area contributed by atoms with Crippen LogP contribution in [0.2, 0.25) is 0 Å². The first kappa shape index (κ1) is 9.20. The molecule has 0 aliphatic heterocycles. The number of hydrogen-bond donors (Lipinski definition) is 2.